The molecule has 0 aliphatic rings. The second-order valence-electron chi connectivity index (χ2n) is 7.85. The topological polar surface area (TPSA) is 77.9 Å². The van der Waals surface area contributed by atoms with Crippen molar-refractivity contribution in [2.24, 2.45) is 10.2 Å². The zero-order valence-corrected chi connectivity index (χ0v) is 22.4. The quantitative estimate of drug-likeness (QED) is 0.129. The highest BCUT2D eigenvalue weighted by atomic mass is 35.6. The largest absolute Gasteiger partial charge is 0.339 e. The number of carbonyl (C=O) groups excluding carboxylic acids is 1. The zero-order chi connectivity index (χ0) is 25.6. The van der Waals surface area contributed by atoms with Crippen LogP contribution in [0, 0.1) is 20.8 Å². The maximum atomic E-state index is 12.7. The van der Waals surface area contributed by atoms with Gasteiger partial charge in [0.15, 0.2) is 5.11 Å². The molecule has 3 N–H and O–H groups in total. The second kappa shape index (κ2) is 11.8. The Morgan fingerprint density at radius 1 is 0.857 bits per heavy atom. The number of hydrogen-bond donors (Lipinski definition) is 3. The van der Waals surface area contributed by atoms with Crippen molar-refractivity contribution in [2.45, 2.75) is 30.7 Å². The third-order valence-electron chi connectivity index (χ3n) is 5.11. The Bertz CT molecular complexity index is 1260. The number of nitrogens with zero attached hydrogens (tertiary/aromatic N) is 2. The first kappa shape index (κ1) is 26.9. The summed E-state index contributed by atoms with van der Waals surface area (Å²) in [5, 5.41) is 17.4. The van der Waals surface area contributed by atoms with E-state index in [0.717, 1.165) is 28.1 Å². The van der Waals surface area contributed by atoms with Crippen molar-refractivity contribution in [3.8, 4) is 0 Å². The Labute approximate surface area is 225 Å². The fourth-order valence-corrected chi connectivity index (χ4v) is 3.72. The van der Waals surface area contributed by atoms with Gasteiger partial charge < -0.3 is 16.0 Å². The molecule has 0 saturated carbocycles. The van der Waals surface area contributed by atoms with Crippen molar-refractivity contribution in [1.29, 1.82) is 0 Å². The molecule has 0 fully saturated rings. The maximum absolute atomic E-state index is 12.7. The molecule has 1 atom stereocenters. The zero-order valence-electron chi connectivity index (χ0n) is 19.3. The van der Waals surface area contributed by atoms with E-state index in [1.165, 1.54) is 0 Å². The van der Waals surface area contributed by atoms with Crippen LogP contribution in [0.5, 0.6) is 0 Å². The van der Waals surface area contributed by atoms with Crippen molar-refractivity contribution >= 4 is 75.1 Å². The number of azo groups is 1. The van der Waals surface area contributed by atoms with Crippen molar-refractivity contribution in [1.82, 2.24) is 10.6 Å². The van der Waals surface area contributed by atoms with Crippen molar-refractivity contribution < 1.29 is 4.79 Å². The van der Waals surface area contributed by atoms with Crippen LogP contribution in [0.25, 0.3) is 0 Å². The van der Waals surface area contributed by atoms with Crippen molar-refractivity contribution in [2.75, 3.05) is 5.32 Å². The summed E-state index contributed by atoms with van der Waals surface area (Å²) in [4.78, 5) is 12.7. The van der Waals surface area contributed by atoms with E-state index in [1.807, 2.05) is 75.4 Å². The van der Waals surface area contributed by atoms with Gasteiger partial charge in [-0.2, -0.15) is 10.2 Å². The van der Waals surface area contributed by atoms with E-state index in [1.54, 1.807) is 12.1 Å². The summed E-state index contributed by atoms with van der Waals surface area (Å²) in [6, 6.07) is 20.4. The summed E-state index contributed by atoms with van der Waals surface area (Å²) in [5.74, 6) is -0.394. The lowest BCUT2D eigenvalue weighted by atomic mass is 10.1. The normalized spacial score (nSPS) is 12.3. The Morgan fingerprint density at radius 2 is 1.51 bits per heavy atom. The lowest BCUT2D eigenvalue weighted by Gasteiger charge is -2.28. The number of rotatable bonds is 6. The molecule has 1 amide bonds. The highest BCUT2D eigenvalue weighted by Crippen LogP contribution is 2.30. The molecule has 0 heterocycles. The fourth-order valence-electron chi connectivity index (χ4n) is 3.16. The van der Waals surface area contributed by atoms with Crippen LogP contribution in [0.1, 0.15) is 27.0 Å². The summed E-state index contributed by atoms with van der Waals surface area (Å²) in [6.07, 6.45) is -1.08. The van der Waals surface area contributed by atoms with E-state index in [2.05, 4.69) is 26.2 Å². The number of anilines is 1. The minimum Gasteiger partial charge on any atom is -0.339 e. The molecule has 0 aromatic heterocycles. The first-order chi connectivity index (χ1) is 16.5. The number of aryl methyl sites for hydroxylation is 3. The predicted molar refractivity (Wildman–Crippen MR) is 149 cm³/mol. The number of carbonyl (C=O) groups is 1. The van der Waals surface area contributed by atoms with Gasteiger partial charge in [0.25, 0.3) is 5.91 Å². The van der Waals surface area contributed by atoms with E-state index in [-0.39, 0.29) is 5.11 Å². The first-order valence-corrected chi connectivity index (χ1v) is 12.2. The van der Waals surface area contributed by atoms with E-state index >= 15 is 0 Å². The van der Waals surface area contributed by atoms with E-state index < -0.39 is 15.9 Å². The fraction of sp³-hybridized carbons (Fsp3) is 0.200. The van der Waals surface area contributed by atoms with Gasteiger partial charge >= 0.3 is 0 Å². The Balaban J connectivity index is 1.68. The van der Waals surface area contributed by atoms with Crippen LogP contribution in [0.4, 0.5) is 17.1 Å². The number of thiocarbonyl (C=S) groups is 1. The van der Waals surface area contributed by atoms with Crippen LogP contribution in [0.15, 0.2) is 77.0 Å². The Hall–Kier alpha value is -2.71. The van der Waals surface area contributed by atoms with Gasteiger partial charge in [0, 0.05) is 11.3 Å². The second-order valence-corrected chi connectivity index (χ2v) is 10.6. The third-order valence-corrected chi connectivity index (χ3v) is 5.99. The summed E-state index contributed by atoms with van der Waals surface area (Å²) < 4.78 is -1.86. The molecule has 0 aliphatic carbocycles. The number of nitrogens with one attached hydrogen (secondary N) is 3. The van der Waals surface area contributed by atoms with Crippen LogP contribution in [-0.2, 0) is 0 Å². The highest BCUT2D eigenvalue weighted by molar-refractivity contribution is 7.80. The van der Waals surface area contributed by atoms with Crippen LogP contribution >= 0.6 is 47.0 Å². The van der Waals surface area contributed by atoms with Gasteiger partial charge in [-0.1, -0.05) is 71.2 Å². The lowest BCUT2D eigenvalue weighted by molar-refractivity contribution is 0.0934. The van der Waals surface area contributed by atoms with Gasteiger partial charge in [-0.05, 0) is 80.0 Å². The number of benzene rings is 3. The summed E-state index contributed by atoms with van der Waals surface area (Å²) in [6.45, 7) is 5.71. The molecule has 10 heteroatoms. The van der Waals surface area contributed by atoms with Gasteiger partial charge in [-0.15, -0.1) is 0 Å². The minimum absolute atomic E-state index is 0.170. The Morgan fingerprint density at radius 3 is 2.14 bits per heavy atom. The lowest BCUT2D eigenvalue weighted by Crippen LogP contribution is -2.56. The highest BCUT2D eigenvalue weighted by Gasteiger charge is 2.35. The smallest absolute Gasteiger partial charge is 0.253 e. The maximum Gasteiger partial charge on any atom is 0.253 e. The molecule has 3 aromatic carbocycles. The number of alkyl halides is 3. The van der Waals surface area contributed by atoms with Gasteiger partial charge in [-0.25, -0.2) is 0 Å². The standard InChI is InChI=1S/C25H24Cl3N5OS/c1-15-8-4-6-10-19(15)22(34)30-23(25(26,27)28)31-24(35)29-20-13-12-18(14-17(20)3)32-33-21-11-7-5-9-16(21)2/h4-14,23H,1-3H3,(H,30,34)(H2,29,31,35)/t23-/m1/s1. The summed E-state index contributed by atoms with van der Waals surface area (Å²) in [7, 11) is 0. The molecule has 0 spiro atoms. The molecule has 3 rings (SSSR count). The molecule has 182 valence electrons. The van der Waals surface area contributed by atoms with E-state index in [0.29, 0.717) is 11.3 Å². The van der Waals surface area contributed by atoms with Crippen LogP contribution in [-0.4, -0.2) is 21.0 Å². The van der Waals surface area contributed by atoms with Gasteiger partial charge in [-0.3, -0.25) is 4.79 Å². The van der Waals surface area contributed by atoms with Gasteiger partial charge in [0.1, 0.15) is 6.17 Å². The first-order valence-electron chi connectivity index (χ1n) is 10.6. The molecule has 35 heavy (non-hydrogen) atoms. The number of amides is 1. The molecule has 0 bridgehead atoms. The molecule has 0 radical (unpaired) electrons. The van der Waals surface area contributed by atoms with Gasteiger partial charge in [0.05, 0.1) is 11.4 Å². The molecular weight excluding hydrogens is 525 g/mol. The third kappa shape index (κ3) is 7.64. The minimum atomic E-state index is -1.86. The van der Waals surface area contributed by atoms with Crippen LogP contribution < -0.4 is 16.0 Å². The molecular formula is C25H24Cl3N5OS. The molecule has 6 nitrogen and oxygen atoms in total. The van der Waals surface area contributed by atoms with E-state index in [9.17, 15) is 4.79 Å². The van der Waals surface area contributed by atoms with Crippen LogP contribution in [0.2, 0.25) is 0 Å². The average Bonchev–Trinajstić information content (AvgIpc) is 2.79. The molecule has 3 aromatic rings. The molecule has 0 unspecified atom stereocenters. The van der Waals surface area contributed by atoms with Gasteiger partial charge in [0.2, 0.25) is 3.79 Å². The monoisotopic (exact) mass is 547 g/mol. The molecule has 0 saturated heterocycles. The van der Waals surface area contributed by atoms with Crippen molar-refractivity contribution in [3.05, 3.63) is 89.0 Å². The predicted octanol–water partition coefficient (Wildman–Crippen LogP) is 7.44. The summed E-state index contributed by atoms with van der Waals surface area (Å²) in [5.41, 5.74) is 5.42. The average molecular weight is 549 g/mol. The Kier molecular flexibility index (Phi) is 9.08. The van der Waals surface area contributed by atoms with Crippen LogP contribution in [0.3, 0.4) is 0 Å². The molecule has 0 aliphatic heterocycles. The summed E-state index contributed by atoms with van der Waals surface area (Å²) >= 11 is 23.7. The van der Waals surface area contributed by atoms with Crippen molar-refractivity contribution in [3.63, 3.8) is 0 Å². The SMILES string of the molecule is Cc1ccccc1N=Nc1ccc(NC(=S)N[C@@H](NC(=O)c2ccccc2C)C(Cl)(Cl)Cl)c(C)c1. The van der Waals surface area contributed by atoms with E-state index in [4.69, 9.17) is 47.0 Å². The number of halogens is 3. The number of hydrogen-bond acceptors (Lipinski definition) is 4.